The molecular formula is C67H122O6. The lowest BCUT2D eigenvalue weighted by molar-refractivity contribution is -0.167. The van der Waals surface area contributed by atoms with Crippen LogP contribution in [0.4, 0.5) is 0 Å². The van der Waals surface area contributed by atoms with Crippen LogP contribution in [0.3, 0.4) is 0 Å². The van der Waals surface area contributed by atoms with Gasteiger partial charge in [-0.25, -0.2) is 0 Å². The average molecular weight is 1020 g/mol. The van der Waals surface area contributed by atoms with E-state index >= 15 is 0 Å². The predicted molar refractivity (Wildman–Crippen MR) is 316 cm³/mol. The van der Waals surface area contributed by atoms with Gasteiger partial charge in [-0.1, -0.05) is 313 Å². The molecule has 1 unspecified atom stereocenters. The van der Waals surface area contributed by atoms with Crippen LogP contribution in [0.5, 0.6) is 0 Å². The number of esters is 3. The quantitative estimate of drug-likeness (QED) is 0.0261. The molecule has 0 radical (unpaired) electrons. The zero-order chi connectivity index (χ0) is 52.9. The van der Waals surface area contributed by atoms with E-state index in [1.54, 1.807) is 0 Å². The van der Waals surface area contributed by atoms with Crippen LogP contribution in [-0.4, -0.2) is 37.2 Å². The predicted octanol–water partition coefficient (Wildman–Crippen LogP) is 21.8. The average Bonchev–Trinajstić information content (AvgIpc) is 3.39. The number of carbonyl (C=O) groups is 3. The van der Waals surface area contributed by atoms with E-state index < -0.39 is 6.10 Å². The van der Waals surface area contributed by atoms with Crippen LogP contribution >= 0.6 is 0 Å². The molecule has 0 rings (SSSR count). The van der Waals surface area contributed by atoms with Crippen molar-refractivity contribution in [1.29, 1.82) is 0 Å². The largest absolute Gasteiger partial charge is 0.462 e. The Morgan fingerprint density at radius 3 is 0.836 bits per heavy atom. The lowest BCUT2D eigenvalue weighted by Gasteiger charge is -2.18. The van der Waals surface area contributed by atoms with Gasteiger partial charge >= 0.3 is 17.9 Å². The highest BCUT2D eigenvalue weighted by atomic mass is 16.6. The van der Waals surface area contributed by atoms with Crippen molar-refractivity contribution in [1.82, 2.24) is 0 Å². The first-order valence-corrected chi connectivity index (χ1v) is 32.1. The van der Waals surface area contributed by atoms with Gasteiger partial charge in [0.05, 0.1) is 0 Å². The van der Waals surface area contributed by atoms with Gasteiger partial charge in [-0.05, 0) is 57.8 Å². The maximum absolute atomic E-state index is 12.9. The Kier molecular flexibility index (Phi) is 59.7. The first kappa shape index (κ1) is 70.4. The van der Waals surface area contributed by atoms with Gasteiger partial charge in [0, 0.05) is 19.3 Å². The number of allylic oxidation sites excluding steroid dienone is 8. The van der Waals surface area contributed by atoms with Crippen LogP contribution in [0, 0.1) is 0 Å². The monoisotopic (exact) mass is 1020 g/mol. The highest BCUT2D eigenvalue weighted by Crippen LogP contribution is 2.18. The zero-order valence-electron chi connectivity index (χ0n) is 48.9. The van der Waals surface area contributed by atoms with Gasteiger partial charge in [0.15, 0.2) is 6.10 Å². The fourth-order valence-corrected chi connectivity index (χ4v) is 9.56. The molecule has 0 fully saturated rings. The van der Waals surface area contributed by atoms with Crippen LogP contribution in [0.15, 0.2) is 48.6 Å². The first-order chi connectivity index (χ1) is 36.0. The molecule has 0 heterocycles. The molecule has 6 nitrogen and oxygen atoms in total. The molecule has 0 aliphatic heterocycles. The second-order valence-corrected chi connectivity index (χ2v) is 21.7. The minimum atomic E-state index is -0.778. The number of hydrogen-bond acceptors (Lipinski definition) is 6. The van der Waals surface area contributed by atoms with E-state index in [1.165, 1.54) is 205 Å². The summed E-state index contributed by atoms with van der Waals surface area (Å²) in [6.07, 6.45) is 76.9. The molecule has 0 aliphatic carbocycles. The fraction of sp³-hybridized carbons (Fsp3) is 0.836. The fourth-order valence-electron chi connectivity index (χ4n) is 9.56. The molecule has 0 amide bonds. The summed E-state index contributed by atoms with van der Waals surface area (Å²) in [5, 5.41) is 0. The Hall–Kier alpha value is -2.63. The number of ether oxygens (including phenoxy) is 3. The molecule has 0 aromatic carbocycles. The topological polar surface area (TPSA) is 78.9 Å². The van der Waals surface area contributed by atoms with Crippen LogP contribution in [0.25, 0.3) is 0 Å². The van der Waals surface area contributed by atoms with Gasteiger partial charge in [-0.2, -0.15) is 0 Å². The summed E-state index contributed by atoms with van der Waals surface area (Å²) >= 11 is 0. The molecule has 0 bridgehead atoms. The van der Waals surface area contributed by atoms with Gasteiger partial charge < -0.3 is 14.2 Å². The Bertz CT molecular complexity index is 1270. The summed E-state index contributed by atoms with van der Waals surface area (Å²) in [5.41, 5.74) is 0. The lowest BCUT2D eigenvalue weighted by atomic mass is 10.0. The normalized spacial score (nSPS) is 12.3. The smallest absolute Gasteiger partial charge is 0.306 e. The Morgan fingerprint density at radius 1 is 0.288 bits per heavy atom. The first-order valence-electron chi connectivity index (χ1n) is 32.1. The van der Waals surface area contributed by atoms with Gasteiger partial charge in [0.25, 0.3) is 0 Å². The minimum Gasteiger partial charge on any atom is -0.462 e. The minimum absolute atomic E-state index is 0.0741. The van der Waals surface area contributed by atoms with Crippen molar-refractivity contribution in [3.8, 4) is 0 Å². The molecule has 0 spiro atoms. The Balaban J connectivity index is 4.33. The van der Waals surface area contributed by atoms with Gasteiger partial charge in [-0.3, -0.25) is 14.4 Å². The summed E-state index contributed by atoms with van der Waals surface area (Å²) in [6, 6.07) is 0. The molecule has 6 heteroatoms. The molecule has 0 aromatic rings. The molecule has 426 valence electrons. The van der Waals surface area contributed by atoms with E-state index in [9.17, 15) is 14.4 Å². The van der Waals surface area contributed by atoms with E-state index in [2.05, 4.69) is 69.4 Å². The van der Waals surface area contributed by atoms with Gasteiger partial charge in [0.2, 0.25) is 0 Å². The maximum atomic E-state index is 12.9. The van der Waals surface area contributed by atoms with E-state index in [0.717, 1.165) is 96.3 Å². The lowest BCUT2D eigenvalue weighted by Crippen LogP contribution is -2.30. The Morgan fingerprint density at radius 2 is 0.534 bits per heavy atom. The molecule has 0 aliphatic rings. The van der Waals surface area contributed by atoms with Crippen molar-refractivity contribution < 1.29 is 28.6 Å². The van der Waals surface area contributed by atoms with Crippen LogP contribution < -0.4 is 0 Å². The maximum Gasteiger partial charge on any atom is 0.306 e. The summed E-state index contributed by atoms with van der Waals surface area (Å²) in [5.74, 6) is -0.864. The second-order valence-electron chi connectivity index (χ2n) is 21.7. The third-order valence-electron chi connectivity index (χ3n) is 14.3. The standard InChI is InChI=1S/C67H122O6/c1-4-7-10-13-16-19-22-25-28-30-32-33-35-36-39-42-45-48-51-54-57-60-66(69)72-63-64(62-71-65(68)59-56-53-50-47-44-41-38-27-24-21-18-15-12-9-6-3)73-67(70)61-58-55-52-49-46-43-40-37-34-31-29-26-23-20-17-14-11-8-5-2/h8,11,17,20,26,29,34,37,64H,4-7,9-10,12-16,18-19,21-25,27-28,30-33,35-36,38-63H2,1-3H3/b11-8-,20-17-,29-26-,37-34-. The van der Waals surface area contributed by atoms with Crippen molar-refractivity contribution in [3.63, 3.8) is 0 Å². The number of unbranched alkanes of at least 4 members (excludes halogenated alkanes) is 40. The molecule has 0 aromatic heterocycles. The van der Waals surface area contributed by atoms with E-state index in [-0.39, 0.29) is 31.1 Å². The highest BCUT2D eigenvalue weighted by Gasteiger charge is 2.19. The van der Waals surface area contributed by atoms with Crippen molar-refractivity contribution in [2.45, 2.75) is 348 Å². The van der Waals surface area contributed by atoms with Crippen LogP contribution in [0.1, 0.15) is 342 Å². The van der Waals surface area contributed by atoms with E-state index in [1.807, 2.05) is 0 Å². The third-order valence-corrected chi connectivity index (χ3v) is 14.3. The molecular weight excluding hydrogens is 901 g/mol. The van der Waals surface area contributed by atoms with E-state index in [4.69, 9.17) is 14.2 Å². The van der Waals surface area contributed by atoms with Gasteiger partial charge in [0.1, 0.15) is 13.2 Å². The summed E-state index contributed by atoms with van der Waals surface area (Å²) in [6.45, 7) is 6.58. The van der Waals surface area contributed by atoms with E-state index in [0.29, 0.717) is 19.3 Å². The summed E-state index contributed by atoms with van der Waals surface area (Å²) in [7, 11) is 0. The number of hydrogen-bond donors (Lipinski definition) is 0. The molecule has 1 atom stereocenters. The second kappa shape index (κ2) is 61.9. The molecule has 0 saturated carbocycles. The third kappa shape index (κ3) is 60.1. The van der Waals surface area contributed by atoms with Crippen LogP contribution in [0.2, 0.25) is 0 Å². The highest BCUT2D eigenvalue weighted by molar-refractivity contribution is 5.71. The molecule has 0 N–H and O–H groups in total. The van der Waals surface area contributed by atoms with Crippen molar-refractivity contribution in [2.75, 3.05) is 13.2 Å². The SMILES string of the molecule is CC/C=C\C/C=C\C/C=C\C/C=C\CCCCCCCCC(=O)OC(COC(=O)CCCCCCCCCCCCCCCCC)COC(=O)CCCCCCCCCCCCCCCCCCCCCCC. The number of carbonyl (C=O) groups excluding carboxylic acids is 3. The van der Waals surface area contributed by atoms with Crippen LogP contribution in [-0.2, 0) is 28.6 Å². The summed E-state index contributed by atoms with van der Waals surface area (Å²) < 4.78 is 16.9. The molecule has 73 heavy (non-hydrogen) atoms. The van der Waals surface area contributed by atoms with Crippen molar-refractivity contribution in [3.05, 3.63) is 48.6 Å². The number of rotatable bonds is 59. The van der Waals surface area contributed by atoms with Gasteiger partial charge in [-0.15, -0.1) is 0 Å². The van der Waals surface area contributed by atoms with Crippen molar-refractivity contribution in [2.24, 2.45) is 0 Å². The zero-order valence-corrected chi connectivity index (χ0v) is 48.9. The molecule has 0 saturated heterocycles. The Labute approximate surface area is 454 Å². The van der Waals surface area contributed by atoms with Crippen molar-refractivity contribution >= 4 is 17.9 Å². The summed E-state index contributed by atoms with van der Waals surface area (Å²) in [4.78, 5) is 38.3.